The van der Waals surface area contributed by atoms with Crippen LogP contribution in [0.25, 0.3) is 0 Å². The molecule has 7 heteroatoms. The smallest absolute Gasteiger partial charge is 0.269 e. The highest BCUT2D eigenvalue weighted by Gasteiger charge is 2.22. The number of hydrogen-bond acceptors (Lipinski definition) is 5. The number of nitro groups is 1. The van der Waals surface area contributed by atoms with Crippen molar-refractivity contribution in [3.63, 3.8) is 0 Å². The van der Waals surface area contributed by atoms with Gasteiger partial charge in [-0.25, -0.2) is 0 Å². The maximum absolute atomic E-state index is 10.8. The number of halogens is 1. The fourth-order valence-electron chi connectivity index (χ4n) is 2.52. The predicted molar refractivity (Wildman–Crippen MR) is 79.2 cm³/mol. The Morgan fingerprint density at radius 3 is 2.70 bits per heavy atom. The second-order valence-corrected chi connectivity index (χ2v) is 4.67. The Morgan fingerprint density at radius 1 is 1.40 bits per heavy atom. The normalized spacial score (nSPS) is 17.2. The first kappa shape index (κ1) is 16.8. The lowest BCUT2D eigenvalue weighted by atomic mass is 10.0. The molecule has 1 aromatic rings. The second-order valence-electron chi connectivity index (χ2n) is 4.67. The molecule has 0 radical (unpaired) electrons. The van der Waals surface area contributed by atoms with Crippen molar-refractivity contribution in [1.29, 1.82) is 0 Å². The van der Waals surface area contributed by atoms with Gasteiger partial charge in [-0.05, 0) is 12.0 Å². The van der Waals surface area contributed by atoms with E-state index in [0.717, 1.165) is 31.7 Å². The van der Waals surface area contributed by atoms with E-state index in [9.17, 15) is 15.2 Å². The molecule has 112 valence electrons. The lowest BCUT2D eigenvalue weighted by Crippen LogP contribution is -2.45. The molecule has 0 aromatic heterocycles. The molecule has 2 rings (SSSR count). The molecule has 1 fully saturated rings. The minimum Gasteiger partial charge on any atom is -0.396 e. The van der Waals surface area contributed by atoms with E-state index in [1.54, 1.807) is 12.1 Å². The zero-order chi connectivity index (χ0) is 13.7. The summed E-state index contributed by atoms with van der Waals surface area (Å²) in [6, 6.07) is 6.77. The maximum atomic E-state index is 10.8. The van der Waals surface area contributed by atoms with Crippen LogP contribution in [0.2, 0.25) is 0 Å². The number of nitrogens with zero attached hydrogens (tertiary/aromatic N) is 2. The van der Waals surface area contributed by atoms with E-state index in [1.165, 1.54) is 6.07 Å². The molecule has 1 atom stereocenters. The Morgan fingerprint density at radius 2 is 2.10 bits per heavy atom. The van der Waals surface area contributed by atoms with Crippen LogP contribution < -0.4 is 5.32 Å². The molecule has 1 aliphatic rings. The fourth-order valence-corrected chi connectivity index (χ4v) is 2.52. The summed E-state index contributed by atoms with van der Waals surface area (Å²) in [5.74, 6) is 0. The first-order chi connectivity index (χ1) is 9.22. The molecule has 1 aliphatic heterocycles. The third-order valence-corrected chi connectivity index (χ3v) is 3.46. The van der Waals surface area contributed by atoms with Gasteiger partial charge in [-0.3, -0.25) is 15.0 Å². The molecule has 0 unspecified atom stereocenters. The number of aliphatic hydroxyl groups excluding tert-OH is 1. The van der Waals surface area contributed by atoms with Gasteiger partial charge in [0, 0.05) is 51.0 Å². The topological polar surface area (TPSA) is 78.6 Å². The lowest BCUT2D eigenvalue weighted by Gasteiger charge is -2.35. The summed E-state index contributed by atoms with van der Waals surface area (Å²) >= 11 is 0. The van der Waals surface area contributed by atoms with Gasteiger partial charge in [-0.15, -0.1) is 12.4 Å². The van der Waals surface area contributed by atoms with Crippen LogP contribution in [0, 0.1) is 10.1 Å². The van der Waals surface area contributed by atoms with Crippen molar-refractivity contribution < 1.29 is 10.0 Å². The van der Waals surface area contributed by atoms with Crippen molar-refractivity contribution in [1.82, 2.24) is 10.2 Å². The van der Waals surface area contributed by atoms with Crippen LogP contribution in [-0.4, -0.2) is 47.7 Å². The molecule has 1 saturated heterocycles. The second kappa shape index (κ2) is 8.16. The highest BCUT2D eigenvalue weighted by molar-refractivity contribution is 5.85. The van der Waals surface area contributed by atoms with Crippen molar-refractivity contribution in [3.8, 4) is 0 Å². The summed E-state index contributed by atoms with van der Waals surface area (Å²) in [5.41, 5.74) is 1.01. The Balaban J connectivity index is 0.00000200. The molecule has 1 aromatic carbocycles. The van der Waals surface area contributed by atoms with Crippen LogP contribution in [-0.2, 0) is 0 Å². The average Bonchev–Trinajstić information content (AvgIpc) is 2.46. The predicted octanol–water partition coefficient (Wildman–Crippen LogP) is 1.35. The maximum Gasteiger partial charge on any atom is 0.269 e. The average molecular weight is 302 g/mol. The number of non-ortho nitro benzene ring substituents is 1. The van der Waals surface area contributed by atoms with E-state index in [0.29, 0.717) is 6.42 Å². The monoisotopic (exact) mass is 301 g/mol. The van der Waals surface area contributed by atoms with E-state index < -0.39 is 0 Å². The molecule has 2 N–H and O–H groups in total. The summed E-state index contributed by atoms with van der Waals surface area (Å²) in [6.07, 6.45) is 0.598. The summed E-state index contributed by atoms with van der Waals surface area (Å²) in [4.78, 5) is 12.7. The van der Waals surface area contributed by atoms with Crippen LogP contribution in [0.4, 0.5) is 5.69 Å². The summed E-state index contributed by atoms with van der Waals surface area (Å²) in [6.45, 7) is 3.70. The Hall–Kier alpha value is -1.21. The lowest BCUT2D eigenvalue weighted by molar-refractivity contribution is -0.385. The van der Waals surface area contributed by atoms with E-state index in [-0.39, 0.29) is 35.7 Å². The highest BCUT2D eigenvalue weighted by Crippen LogP contribution is 2.27. The molecular weight excluding hydrogens is 282 g/mol. The molecule has 0 aliphatic carbocycles. The number of rotatable bonds is 5. The number of aliphatic hydroxyl groups is 1. The van der Waals surface area contributed by atoms with Crippen LogP contribution >= 0.6 is 12.4 Å². The fraction of sp³-hybridized carbons (Fsp3) is 0.538. The van der Waals surface area contributed by atoms with Crippen LogP contribution in [0.3, 0.4) is 0 Å². The molecular formula is C13H20ClN3O3. The van der Waals surface area contributed by atoms with E-state index in [2.05, 4.69) is 10.2 Å². The number of benzene rings is 1. The zero-order valence-electron chi connectivity index (χ0n) is 11.2. The first-order valence-electron chi connectivity index (χ1n) is 6.52. The van der Waals surface area contributed by atoms with Crippen molar-refractivity contribution in [3.05, 3.63) is 39.9 Å². The Kier molecular flexibility index (Phi) is 6.87. The Labute approximate surface area is 124 Å². The number of hydrogen-bond donors (Lipinski definition) is 2. The van der Waals surface area contributed by atoms with Gasteiger partial charge in [0.2, 0.25) is 0 Å². The van der Waals surface area contributed by atoms with Gasteiger partial charge in [-0.2, -0.15) is 0 Å². The van der Waals surface area contributed by atoms with E-state index in [4.69, 9.17) is 0 Å². The molecule has 0 saturated carbocycles. The third-order valence-electron chi connectivity index (χ3n) is 3.46. The molecule has 0 amide bonds. The van der Waals surface area contributed by atoms with Gasteiger partial charge in [-0.1, -0.05) is 12.1 Å². The Bertz CT molecular complexity index is 439. The van der Waals surface area contributed by atoms with Gasteiger partial charge in [0.25, 0.3) is 5.69 Å². The molecule has 0 bridgehead atoms. The minimum atomic E-state index is -0.378. The zero-order valence-corrected chi connectivity index (χ0v) is 12.0. The van der Waals surface area contributed by atoms with Crippen LogP contribution in [0.5, 0.6) is 0 Å². The number of piperazine rings is 1. The quantitative estimate of drug-likeness (QED) is 0.634. The molecule has 1 heterocycles. The van der Waals surface area contributed by atoms with E-state index in [1.807, 2.05) is 6.07 Å². The van der Waals surface area contributed by atoms with Crippen molar-refractivity contribution in [2.75, 3.05) is 32.8 Å². The largest absolute Gasteiger partial charge is 0.396 e. The summed E-state index contributed by atoms with van der Waals surface area (Å²) in [7, 11) is 0. The first-order valence-corrected chi connectivity index (χ1v) is 6.52. The SMILES string of the molecule is Cl.O=[N+]([O-])c1cccc([C@H](CCO)N2CCNCC2)c1. The van der Waals surface area contributed by atoms with Crippen LogP contribution in [0.15, 0.2) is 24.3 Å². The number of nitrogens with one attached hydrogen (secondary N) is 1. The molecule has 0 spiro atoms. The van der Waals surface area contributed by atoms with Gasteiger partial charge in [0.15, 0.2) is 0 Å². The summed E-state index contributed by atoms with van der Waals surface area (Å²) in [5, 5.41) is 23.4. The third kappa shape index (κ3) is 4.14. The van der Waals surface area contributed by atoms with Crippen molar-refractivity contribution in [2.24, 2.45) is 0 Å². The number of nitro benzene ring substituents is 1. The van der Waals surface area contributed by atoms with Gasteiger partial charge >= 0.3 is 0 Å². The molecule has 6 nitrogen and oxygen atoms in total. The highest BCUT2D eigenvalue weighted by atomic mass is 35.5. The van der Waals surface area contributed by atoms with Crippen LogP contribution in [0.1, 0.15) is 18.0 Å². The van der Waals surface area contributed by atoms with Gasteiger partial charge < -0.3 is 10.4 Å². The van der Waals surface area contributed by atoms with Gasteiger partial charge in [0.05, 0.1) is 4.92 Å². The van der Waals surface area contributed by atoms with E-state index >= 15 is 0 Å². The summed E-state index contributed by atoms with van der Waals surface area (Å²) < 4.78 is 0. The van der Waals surface area contributed by atoms with Gasteiger partial charge in [0.1, 0.15) is 0 Å². The van der Waals surface area contributed by atoms with Crippen molar-refractivity contribution in [2.45, 2.75) is 12.5 Å². The van der Waals surface area contributed by atoms with Crippen molar-refractivity contribution >= 4 is 18.1 Å². The minimum absolute atomic E-state index is 0. The molecule has 20 heavy (non-hydrogen) atoms. The standard InChI is InChI=1S/C13H19N3O3.ClH/c17-9-4-13(15-7-5-14-6-8-15)11-2-1-3-12(10-11)16(18)19;/h1-3,10,13-14,17H,4-9H2;1H/t13-;/m0./s1.